The Morgan fingerprint density at radius 2 is 2.00 bits per heavy atom. The van der Waals surface area contributed by atoms with Crippen LogP contribution in [-0.4, -0.2) is 15.9 Å². The molecule has 1 aromatic carbocycles. The third kappa shape index (κ3) is 3.98. The van der Waals surface area contributed by atoms with Crippen molar-refractivity contribution in [3.8, 4) is 0 Å². The van der Waals surface area contributed by atoms with Gasteiger partial charge in [-0.2, -0.15) is 0 Å². The van der Waals surface area contributed by atoms with Crippen LogP contribution in [-0.2, 0) is 6.54 Å². The van der Waals surface area contributed by atoms with Gasteiger partial charge < -0.3 is 15.1 Å². The molecule has 24 heavy (non-hydrogen) atoms. The van der Waals surface area contributed by atoms with Crippen molar-refractivity contribution >= 4 is 11.9 Å². The van der Waals surface area contributed by atoms with E-state index in [0.29, 0.717) is 23.9 Å². The minimum absolute atomic E-state index is 0.0348. The first-order chi connectivity index (χ1) is 11.7. The van der Waals surface area contributed by atoms with Gasteiger partial charge in [0, 0.05) is 6.20 Å². The Balaban J connectivity index is 1.64. The van der Waals surface area contributed by atoms with Crippen molar-refractivity contribution in [2.24, 2.45) is 0 Å². The van der Waals surface area contributed by atoms with E-state index in [1.165, 1.54) is 0 Å². The number of rotatable bonds is 6. The van der Waals surface area contributed by atoms with Gasteiger partial charge in [0.2, 0.25) is 5.95 Å². The van der Waals surface area contributed by atoms with Gasteiger partial charge in [-0.05, 0) is 30.7 Å². The lowest BCUT2D eigenvalue weighted by atomic mass is 10.1. The van der Waals surface area contributed by atoms with Gasteiger partial charge in [-0.3, -0.25) is 4.79 Å². The summed E-state index contributed by atoms with van der Waals surface area (Å²) >= 11 is 0. The molecule has 0 saturated carbocycles. The number of hydrogen-bond acceptors (Lipinski definition) is 5. The second kappa shape index (κ2) is 7.41. The Kier molecular flexibility index (Phi) is 4.86. The molecule has 2 N–H and O–H groups in total. The third-order valence-corrected chi connectivity index (χ3v) is 3.54. The van der Waals surface area contributed by atoms with Crippen molar-refractivity contribution in [1.29, 1.82) is 0 Å². The zero-order valence-corrected chi connectivity index (χ0v) is 13.3. The maximum Gasteiger partial charge on any atom is 0.270 e. The summed E-state index contributed by atoms with van der Waals surface area (Å²) in [6.07, 6.45) is 3.13. The van der Waals surface area contributed by atoms with Crippen LogP contribution in [0.1, 0.15) is 34.8 Å². The van der Waals surface area contributed by atoms with Gasteiger partial charge in [0.25, 0.3) is 5.91 Å². The Morgan fingerprint density at radius 1 is 1.17 bits per heavy atom. The molecule has 0 fully saturated rings. The molecular weight excluding hydrogens is 304 g/mol. The first kappa shape index (κ1) is 15.7. The number of benzene rings is 1. The fraction of sp³-hybridized carbons (Fsp3) is 0.167. The van der Waals surface area contributed by atoms with E-state index >= 15 is 0 Å². The number of furan rings is 1. The molecule has 1 atom stereocenters. The zero-order valence-electron chi connectivity index (χ0n) is 13.3. The van der Waals surface area contributed by atoms with Crippen LogP contribution in [0.5, 0.6) is 0 Å². The molecule has 0 saturated heterocycles. The minimum Gasteiger partial charge on any atom is -0.467 e. The average molecular weight is 322 g/mol. The highest BCUT2D eigenvalue weighted by Gasteiger charge is 2.11. The van der Waals surface area contributed by atoms with E-state index in [4.69, 9.17) is 4.42 Å². The Labute approximate surface area is 140 Å². The lowest BCUT2D eigenvalue weighted by Gasteiger charge is -2.14. The molecular formula is C18H18N4O2. The molecule has 0 aliphatic rings. The van der Waals surface area contributed by atoms with Crippen LogP contribution in [0.2, 0.25) is 0 Å². The Morgan fingerprint density at radius 3 is 2.75 bits per heavy atom. The molecule has 2 aromatic heterocycles. The van der Waals surface area contributed by atoms with Gasteiger partial charge in [-0.25, -0.2) is 9.97 Å². The maximum absolute atomic E-state index is 12.2. The predicted molar refractivity (Wildman–Crippen MR) is 90.4 cm³/mol. The summed E-state index contributed by atoms with van der Waals surface area (Å²) in [5, 5.41) is 5.97. The molecule has 6 heteroatoms. The van der Waals surface area contributed by atoms with Crippen LogP contribution < -0.4 is 10.6 Å². The number of hydrogen-bond donors (Lipinski definition) is 2. The summed E-state index contributed by atoms with van der Waals surface area (Å²) in [5.41, 5.74) is 1.42. The van der Waals surface area contributed by atoms with Crippen molar-refractivity contribution in [2.75, 3.05) is 5.32 Å². The number of amides is 1. The second-order valence-electron chi connectivity index (χ2n) is 5.30. The summed E-state index contributed by atoms with van der Waals surface area (Å²) in [4.78, 5) is 20.6. The van der Waals surface area contributed by atoms with Crippen molar-refractivity contribution in [3.63, 3.8) is 0 Å². The fourth-order valence-corrected chi connectivity index (χ4v) is 2.24. The van der Waals surface area contributed by atoms with Crippen LogP contribution in [0.15, 0.2) is 65.4 Å². The zero-order chi connectivity index (χ0) is 16.8. The normalized spacial score (nSPS) is 11.7. The SMILES string of the molecule is CC(Nc1nccc(C(=O)NCc2ccco2)n1)c1ccccc1. The summed E-state index contributed by atoms with van der Waals surface area (Å²) in [5.74, 6) is 0.828. The summed E-state index contributed by atoms with van der Waals surface area (Å²) in [6.45, 7) is 2.33. The van der Waals surface area contributed by atoms with Crippen LogP contribution in [0.3, 0.4) is 0 Å². The monoisotopic (exact) mass is 322 g/mol. The lowest BCUT2D eigenvalue weighted by Crippen LogP contribution is -2.24. The van der Waals surface area contributed by atoms with Crippen molar-refractivity contribution in [2.45, 2.75) is 19.5 Å². The van der Waals surface area contributed by atoms with Gasteiger partial charge in [0.05, 0.1) is 18.8 Å². The van der Waals surface area contributed by atoms with Gasteiger partial charge in [0.15, 0.2) is 0 Å². The topological polar surface area (TPSA) is 80.0 Å². The summed E-state index contributed by atoms with van der Waals surface area (Å²) < 4.78 is 5.19. The first-order valence-corrected chi connectivity index (χ1v) is 7.67. The van der Waals surface area contributed by atoms with E-state index in [1.807, 2.05) is 37.3 Å². The van der Waals surface area contributed by atoms with E-state index < -0.39 is 0 Å². The fourth-order valence-electron chi connectivity index (χ4n) is 2.24. The molecule has 0 bridgehead atoms. The lowest BCUT2D eigenvalue weighted by molar-refractivity contribution is 0.0943. The second-order valence-corrected chi connectivity index (χ2v) is 5.30. The molecule has 122 valence electrons. The number of aromatic nitrogens is 2. The van der Waals surface area contributed by atoms with Crippen LogP contribution in [0.25, 0.3) is 0 Å². The molecule has 2 heterocycles. The van der Waals surface area contributed by atoms with Gasteiger partial charge >= 0.3 is 0 Å². The van der Waals surface area contributed by atoms with E-state index in [0.717, 1.165) is 5.56 Å². The number of anilines is 1. The molecule has 0 aliphatic heterocycles. The van der Waals surface area contributed by atoms with Gasteiger partial charge in [-0.15, -0.1) is 0 Å². The standard InChI is InChI=1S/C18H18N4O2/c1-13(14-6-3-2-4-7-14)21-18-19-10-9-16(22-18)17(23)20-12-15-8-5-11-24-15/h2-11,13H,12H2,1H3,(H,20,23)(H,19,21,22). The van der Waals surface area contributed by atoms with Gasteiger partial charge in [0.1, 0.15) is 11.5 Å². The molecule has 0 spiro atoms. The first-order valence-electron chi connectivity index (χ1n) is 7.67. The molecule has 0 radical (unpaired) electrons. The van der Waals surface area contributed by atoms with E-state index in [2.05, 4.69) is 20.6 Å². The van der Waals surface area contributed by atoms with Crippen LogP contribution in [0, 0.1) is 0 Å². The molecule has 6 nitrogen and oxygen atoms in total. The highest BCUT2D eigenvalue weighted by atomic mass is 16.3. The summed E-state index contributed by atoms with van der Waals surface area (Å²) in [6, 6.07) is 15.2. The number of carbonyl (C=O) groups is 1. The van der Waals surface area contributed by atoms with E-state index in [9.17, 15) is 4.79 Å². The number of nitrogens with one attached hydrogen (secondary N) is 2. The van der Waals surface area contributed by atoms with E-state index in [-0.39, 0.29) is 11.9 Å². The largest absolute Gasteiger partial charge is 0.467 e. The van der Waals surface area contributed by atoms with Crippen molar-refractivity contribution in [3.05, 3.63) is 78.0 Å². The van der Waals surface area contributed by atoms with Crippen LogP contribution in [0.4, 0.5) is 5.95 Å². The van der Waals surface area contributed by atoms with Crippen LogP contribution >= 0.6 is 0 Å². The Bertz CT molecular complexity index is 788. The summed E-state index contributed by atoms with van der Waals surface area (Å²) in [7, 11) is 0. The molecule has 3 rings (SSSR count). The number of carbonyl (C=O) groups excluding carboxylic acids is 1. The van der Waals surface area contributed by atoms with Crippen molar-refractivity contribution in [1.82, 2.24) is 15.3 Å². The van der Waals surface area contributed by atoms with Crippen molar-refractivity contribution < 1.29 is 9.21 Å². The smallest absolute Gasteiger partial charge is 0.270 e. The molecule has 0 aliphatic carbocycles. The molecule has 3 aromatic rings. The molecule has 1 amide bonds. The average Bonchev–Trinajstić information content (AvgIpc) is 3.14. The highest BCUT2D eigenvalue weighted by molar-refractivity contribution is 5.92. The molecule has 1 unspecified atom stereocenters. The van der Waals surface area contributed by atoms with Gasteiger partial charge in [-0.1, -0.05) is 30.3 Å². The predicted octanol–water partition coefficient (Wildman–Crippen LogP) is 3.17. The van der Waals surface area contributed by atoms with E-state index in [1.54, 1.807) is 30.7 Å². The quantitative estimate of drug-likeness (QED) is 0.728. The maximum atomic E-state index is 12.2. The number of nitrogens with zero attached hydrogens (tertiary/aromatic N) is 2. The third-order valence-electron chi connectivity index (χ3n) is 3.54. The minimum atomic E-state index is -0.274. The Hall–Kier alpha value is -3.15. The highest BCUT2D eigenvalue weighted by Crippen LogP contribution is 2.16.